The highest BCUT2D eigenvalue weighted by Crippen LogP contribution is 2.24. The van der Waals surface area contributed by atoms with Crippen molar-refractivity contribution in [2.75, 3.05) is 0 Å². The van der Waals surface area contributed by atoms with Gasteiger partial charge >= 0.3 is 0 Å². The van der Waals surface area contributed by atoms with Crippen LogP contribution in [-0.2, 0) is 0 Å². The van der Waals surface area contributed by atoms with Gasteiger partial charge in [-0.3, -0.25) is 0 Å². The van der Waals surface area contributed by atoms with Crippen molar-refractivity contribution in [3.05, 3.63) is 33.9 Å². The zero-order valence-corrected chi connectivity index (χ0v) is 12.6. The lowest BCUT2D eigenvalue weighted by atomic mass is 9.95. The standard InChI is InChI=1S/C15H23OP/c1-7-11(4)17-15(16)14-12(5)9(2)8-10(3)13(14)6/h8,11,16H,7H2,1-6H3/p-1. The number of aryl methyl sites for hydroxylation is 2. The van der Waals surface area contributed by atoms with Crippen LogP contribution in [0.5, 0.6) is 0 Å². The fraction of sp³-hybridized carbons (Fsp3) is 0.533. The summed E-state index contributed by atoms with van der Waals surface area (Å²) in [5.41, 5.74) is 6.40. The zero-order valence-electron chi connectivity index (χ0n) is 11.7. The third kappa shape index (κ3) is 3.18. The fourth-order valence-electron chi connectivity index (χ4n) is 1.89. The third-order valence-electron chi connectivity index (χ3n) is 3.51. The minimum Gasteiger partial charge on any atom is -0.824 e. The van der Waals surface area contributed by atoms with Gasteiger partial charge in [-0.15, -0.1) is 13.7 Å². The number of rotatable bonds is 3. The molecular weight excluding hydrogens is 227 g/mol. The summed E-state index contributed by atoms with van der Waals surface area (Å²) < 4.78 is 0. The van der Waals surface area contributed by atoms with Crippen molar-refractivity contribution in [3.63, 3.8) is 0 Å². The van der Waals surface area contributed by atoms with Gasteiger partial charge in [0.2, 0.25) is 0 Å². The predicted molar refractivity (Wildman–Crippen MR) is 76.2 cm³/mol. The van der Waals surface area contributed by atoms with Crippen molar-refractivity contribution >= 4 is 13.7 Å². The molecule has 0 fully saturated rings. The highest BCUT2D eigenvalue weighted by molar-refractivity contribution is 7.41. The Morgan fingerprint density at radius 2 is 1.65 bits per heavy atom. The maximum Gasteiger partial charge on any atom is -0.00317 e. The van der Waals surface area contributed by atoms with Crippen molar-refractivity contribution in [1.29, 1.82) is 0 Å². The molecule has 0 saturated heterocycles. The first-order valence-corrected chi connectivity index (χ1v) is 7.17. The van der Waals surface area contributed by atoms with Crippen LogP contribution in [0.4, 0.5) is 0 Å². The van der Waals surface area contributed by atoms with E-state index < -0.39 is 0 Å². The normalized spacial score (nSPS) is 13.9. The Labute approximate surface area is 107 Å². The Balaban J connectivity index is 3.35. The quantitative estimate of drug-likeness (QED) is 0.752. The van der Waals surface area contributed by atoms with Crippen LogP contribution in [0.25, 0.3) is 0 Å². The molecule has 1 unspecified atom stereocenters. The molecule has 1 aromatic carbocycles. The molecule has 0 aliphatic heterocycles. The van der Waals surface area contributed by atoms with Crippen LogP contribution >= 0.6 is 8.20 Å². The molecule has 0 amide bonds. The number of benzene rings is 1. The molecule has 1 atom stereocenters. The second-order valence-electron chi connectivity index (χ2n) is 4.83. The molecule has 17 heavy (non-hydrogen) atoms. The van der Waals surface area contributed by atoms with Gasteiger partial charge in [-0.25, -0.2) is 0 Å². The van der Waals surface area contributed by atoms with E-state index in [1.54, 1.807) is 0 Å². The van der Waals surface area contributed by atoms with Crippen molar-refractivity contribution < 1.29 is 5.11 Å². The van der Waals surface area contributed by atoms with Gasteiger partial charge in [0, 0.05) is 0 Å². The van der Waals surface area contributed by atoms with Crippen LogP contribution in [0, 0.1) is 27.7 Å². The minimum atomic E-state index is 0.279. The molecule has 0 aromatic heterocycles. The molecule has 1 aromatic rings. The molecular formula is C15H22OP-. The monoisotopic (exact) mass is 249 g/mol. The van der Waals surface area contributed by atoms with Crippen LogP contribution in [0.1, 0.15) is 48.1 Å². The summed E-state index contributed by atoms with van der Waals surface area (Å²) in [5, 5.41) is 12.3. The van der Waals surface area contributed by atoms with Gasteiger partial charge < -0.3 is 5.11 Å². The molecule has 0 heterocycles. The summed E-state index contributed by atoms with van der Waals surface area (Å²) in [5.74, 6) is 0. The topological polar surface area (TPSA) is 23.1 Å². The van der Waals surface area contributed by atoms with E-state index >= 15 is 0 Å². The molecule has 0 N–H and O–H groups in total. The first kappa shape index (κ1) is 14.4. The molecule has 0 aliphatic rings. The largest absolute Gasteiger partial charge is 0.824 e. The van der Waals surface area contributed by atoms with Crippen molar-refractivity contribution in [2.45, 2.75) is 53.6 Å². The smallest absolute Gasteiger partial charge is 0.00317 e. The van der Waals surface area contributed by atoms with E-state index in [9.17, 15) is 5.11 Å². The number of hydrogen-bond donors (Lipinski definition) is 0. The van der Waals surface area contributed by atoms with Crippen LogP contribution in [-0.4, -0.2) is 11.1 Å². The Morgan fingerprint density at radius 3 is 2.06 bits per heavy atom. The lowest BCUT2D eigenvalue weighted by Crippen LogP contribution is -2.21. The molecule has 1 rings (SSSR count). The van der Waals surface area contributed by atoms with Gasteiger partial charge in [0.15, 0.2) is 0 Å². The first-order chi connectivity index (χ1) is 7.88. The van der Waals surface area contributed by atoms with E-state index in [0.717, 1.165) is 31.3 Å². The molecule has 2 heteroatoms. The predicted octanol–water partition coefficient (Wildman–Crippen LogP) is 3.50. The molecule has 0 bridgehead atoms. The average Bonchev–Trinajstić information content (AvgIpc) is 2.26. The Bertz CT molecular complexity index is 420. The fourth-order valence-corrected chi connectivity index (χ4v) is 2.94. The van der Waals surface area contributed by atoms with Gasteiger partial charge in [0.25, 0.3) is 0 Å². The molecule has 94 valence electrons. The first-order valence-electron chi connectivity index (χ1n) is 6.21. The van der Waals surface area contributed by atoms with E-state index in [0.29, 0.717) is 5.66 Å². The lowest BCUT2D eigenvalue weighted by molar-refractivity contribution is -0.207. The SMILES string of the molecule is CCC(C)P=C([O-])c1c(C)c(C)cc(C)c1C. The highest BCUT2D eigenvalue weighted by atomic mass is 31.1. The van der Waals surface area contributed by atoms with Crippen molar-refractivity contribution in [3.8, 4) is 0 Å². The third-order valence-corrected chi connectivity index (χ3v) is 4.77. The van der Waals surface area contributed by atoms with Crippen LogP contribution in [0.3, 0.4) is 0 Å². The van der Waals surface area contributed by atoms with Gasteiger partial charge in [-0.1, -0.05) is 19.9 Å². The molecule has 0 aliphatic carbocycles. The Kier molecular flexibility index (Phi) is 4.91. The van der Waals surface area contributed by atoms with Gasteiger partial charge in [0.1, 0.15) is 0 Å². The Morgan fingerprint density at radius 1 is 1.18 bits per heavy atom. The summed E-state index contributed by atoms with van der Waals surface area (Å²) >= 11 is 0. The van der Waals surface area contributed by atoms with Crippen LogP contribution in [0.2, 0.25) is 0 Å². The molecule has 0 radical (unpaired) electrons. The summed E-state index contributed by atoms with van der Waals surface area (Å²) in [6.07, 6.45) is 1.05. The lowest BCUT2D eigenvalue weighted by Gasteiger charge is -2.22. The minimum absolute atomic E-state index is 0.279. The average molecular weight is 249 g/mol. The Hall–Kier alpha value is -0.650. The maximum absolute atomic E-state index is 12.3. The van der Waals surface area contributed by atoms with E-state index in [1.165, 1.54) is 11.1 Å². The van der Waals surface area contributed by atoms with Crippen molar-refractivity contribution in [2.24, 2.45) is 0 Å². The van der Waals surface area contributed by atoms with Crippen molar-refractivity contribution in [1.82, 2.24) is 0 Å². The van der Waals surface area contributed by atoms with E-state index in [1.807, 2.05) is 0 Å². The summed E-state index contributed by atoms with van der Waals surface area (Å²) in [6, 6.07) is 2.17. The summed E-state index contributed by atoms with van der Waals surface area (Å²) in [6.45, 7) is 12.5. The second kappa shape index (κ2) is 5.80. The zero-order chi connectivity index (χ0) is 13.2. The van der Waals surface area contributed by atoms with Crippen LogP contribution in [0.15, 0.2) is 6.07 Å². The van der Waals surface area contributed by atoms with Gasteiger partial charge in [0.05, 0.1) is 0 Å². The molecule has 0 spiro atoms. The second-order valence-corrected chi connectivity index (χ2v) is 6.37. The van der Waals surface area contributed by atoms with E-state index in [-0.39, 0.29) is 5.48 Å². The highest BCUT2D eigenvalue weighted by Gasteiger charge is 2.07. The summed E-state index contributed by atoms with van der Waals surface area (Å²) in [7, 11) is 0.932. The van der Waals surface area contributed by atoms with Crippen LogP contribution < -0.4 is 5.11 Å². The van der Waals surface area contributed by atoms with E-state index in [2.05, 4.69) is 47.6 Å². The molecule has 0 saturated carbocycles. The van der Waals surface area contributed by atoms with Gasteiger partial charge in [-0.2, -0.15) is 0 Å². The van der Waals surface area contributed by atoms with Gasteiger partial charge in [-0.05, 0) is 67.6 Å². The van der Waals surface area contributed by atoms with E-state index in [4.69, 9.17) is 0 Å². The maximum atomic E-state index is 12.3. The summed E-state index contributed by atoms with van der Waals surface area (Å²) in [4.78, 5) is 0. The number of hydrogen-bond acceptors (Lipinski definition) is 1. The molecule has 1 nitrogen and oxygen atoms in total.